The van der Waals surface area contributed by atoms with Gasteiger partial charge in [0.25, 0.3) is 5.92 Å². The fraction of sp³-hybridized carbons (Fsp3) is 0.562. The van der Waals surface area contributed by atoms with Gasteiger partial charge >= 0.3 is 0 Å². The van der Waals surface area contributed by atoms with Gasteiger partial charge in [-0.1, -0.05) is 0 Å². The molecule has 0 aliphatic heterocycles. The van der Waals surface area contributed by atoms with Gasteiger partial charge in [-0.05, 0) is 38.8 Å². The molecule has 6 heteroatoms. The summed E-state index contributed by atoms with van der Waals surface area (Å²) in [6.45, 7) is 4.82. The summed E-state index contributed by atoms with van der Waals surface area (Å²) >= 11 is 0. The highest BCUT2D eigenvalue weighted by Crippen LogP contribution is 2.38. The zero-order valence-electron chi connectivity index (χ0n) is 13.3. The van der Waals surface area contributed by atoms with Gasteiger partial charge < -0.3 is 9.30 Å². The van der Waals surface area contributed by atoms with Crippen molar-refractivity contribution in [3.8, 4) is 5.82 Å². The van der Waals surface area contributed by atoms with E-state index < -0.39 is 5.92 Å². The molecule has 0 amide bonds. The molecule has 1 saturated carbocycles. The van der Waals surface area contributed by atoms with E-state index in [4.69, 9.17) is 4.74 Å². The van der Waals surface area contributed by atoms with Crippen LogP contribution in [0.3, 0.4) is 0 Å². The molecular formula is C16H21F2N3O. The first-order chi connectivity index (χ1) is 10.3. The zero-order valence-corrected chi connectivity index (χ0v) is 13.3. The number of hydrogen-bond donors (Lipinski definition) is 0. The second kappa shape index (κ2) is 5.19. The van der Waals surface area contributed by atoms with Crippen LogP contribution in [0.5, 0.6) is 0 Å². The molecule has 2 aromatic rings. The number of ether oxygens (including phenoxy) is 1. The van der Waals surface area contributed by atoms with Crippen LogP contribution < -0.4 is 0 Å². The first kappa shape index (κ1) is 15.2. The Bertz CT molecular complexity index is 659. The van der Waals surface area contributed by atoms with Crippen LogP contribution in [-0.4, -0.2) is 27.6 Å². The topological polar surface area (TPSA) is 32.0 Å². The van der Waals surface area contributed by atoms with E-state index in [0.29, 0.717) is 5.82 Å². The molecule has 22 heavy (non-hydrogen) atoms. The number of aryl methyl sites for hydroxylation is 2. The van der Waals surface area contributed by atoms with E-state index in [1.165, 1.54) is 6.07 Å². The molecule has 0 saturated heterocycles. The first-order valence-electron chi connectivity index (χ1n) is 7.47. The second-order valence-corrected chi connectivity index (χ2v) is 6.16. The Morgan fingerprint density at radius 2 is 1.82 bits per heavy atom. The predicted octanol–water partition coefficient (Wildman–Crippen LogP) is 3.75. The van der Waals surface area contributed by atoms with Gasteiger partial charge in [0.05, 0.1) is 12.1 Å². The highest BCUT2D eigenvalue weighted by atomic mass is 19.3. The monoisotopic (exact) mass is 309 g/mol. The number of nitrogens with zero attached hydrogens (tertiary/aromatic N) is 3. The van der Waals surface area contributed by atoms with Crippen molar-refractivity contribution in [1.82, 2.24) is 14.3 Å². The summed E-state index contributed by atoms with van der Waals surface area (Å²) in [5.41, 5.74) is 1.83. The summed E-state index contributed by atoms with van der Waals surface area (Å²) < 4.78 is 36.4. The van der Waals surface area contributed by atoms with Crippen LogP contribution in [0.15, 0.2) is 18.2 Å². The highest BCUT2D eigenvalue weighted by molar-refractivity contribution is 5.35. The lowest BCUT2D eigenvalue weighted by molar-refractivity contribution is -0.00265. The maximum absolute atomic E-state index is 13.7. The molecule has 4 nitrogen and oxygen atoms in total. The maximum Gasteiger partial charge on any atom is 0.288 e. The summed E-state index contributed by atoms with van der Waals surface area (Å²) in [7, 11) is 1.68. The van der Waals surface area contributed by atoms with E-state index in [9.17, 15) is 8.78 Å². The van der Waals surface area contributed by atoms with Gasteiger partial charge in [-0.15, -0.1) is 0 Å². The number of hydrogen-bond acceptors (Lipinski definition) is 2. The first-order valence-corrected chi connectivity index (χ1v) is 7.47. The summed E-state index contributed by atoms with van der Waals surface area (Å²) in [6, 6.07) is 5.57. The van der Waals surface area contributed by atoms with Crippen LogP contribution in [0.2, 0.25) is 0 Å². The van der Waals surface area contributed by atoms with Gasteiger partial charge in [-0.2, -0.15) is 13.9 Å². The van der Waals surface area contributed by atoms with Crippen LogP contribution in [0, 0.1) is 13.8 Å². The lowest BCUT2D eigenvalue weighted by Gasteiger charge is -2.35. The number of alkyl halides is 2. The molecule has 0 unspecified atom stereocenters. The molecule has 1 aliphatic rings. The number of rotatable bonds is 4. The molecule has 0 spiro atoms. The summed E-state index contributed by atoms with van der Waals surface area (Å²) in [4.78, 5) is 0. The van der Waals surface area contributed by atoms with Gasteiger partial charge in [0.2, 0.25) is 0 Å². The van der Waals surface area contributed by atoms with E-state index in [2.05, 4.69) is 5.10 Å². The molecule has 120 valence electrons. The van der Waals surface area contributed by atoms with Crippen molar-refractivity contribution in [2.45, 2.75) is 51.7 Å². The van der Waals surface area contributed by atoms with Crippen LogP contribution in [-0.2, 0) is 10.7 Å². The van der Waals surface area contributed by atoms with Gasteiger partial charge in [0.15, 0.2) is 0 Å². The van der Waals surface area contributed by atoms with E-state index >= 15 is 0 Å². The van der Waals surface area contributed by atoms with E-state index in [0.717, 1.165) is 31.2 Å². The second-order valence-electron chi connectivity index (χ2n) is 6.16. The average molecular weight is 309 g/mol. The lowest BCUT2D eigenvalue weighted by atomic mass is 9.89. The Morgan fingerprint density at radius 1 is 1.23 bits per heavy atom. The minimum atomic E-state index is -2.95. The standard InChI is InChI=1S/C16H21F2N3O/c1-10-5-6-11(2)20(10)15-9-14(16(3,17)18)19-21(15)12-7-13(8-12)22-4/h5-6,9,12-13H,7-8H2,1-4H3/t12-,13+. The largest absolute Gasteiger partial charge is 0.381 e. The highest BCUT2D eigenvalue weighted by Gasteiger charge is 2.36. The van der Waals surface area contributed by atoms with Crippen LogP contribution in [0.4, 0.5) is 8.78 Å². The zero-order chi connectivity index (χ0) is 16.1. The smallest absolute Gasteiger partial charge is 0.288 e. The van der Waals surface area contributed by atoms with Crippen molar-refractivity contribution in [3.05, 3.63) is 35.3 Å². The number of aromatic nitrogens is 3. The number of methoxy groups -OCH3 is 1. The van der Waals surface area contributed by atoms with E-state index in [-0.39, 0.29) is 17.8 Å². The Labute approximate surface area is 128 Å². The summed E-state index contributed by atoms with van der Waals surface area (Å²) in [5.74, 6) is -2.24. The van der Waals surface area contributed by atoms with Gasteiger partial charge in [-0.3, -0.25) is 0 Å². The SMILES string of the molecule is CO[C@H]1C[C@@H](n2nc(C(C)(F)F)cc2-n2c(C)ccc2C)C1. The molecule has 0 atom stereocenters. The fourth-order valence-corrected chi connectivity index (χ4v) is 2.99. The van der Waals surface area contributed by atoms with Gasteiger partial charge in [-0.25, -0.2) is 4.68 Å². The van der Waals surface area contributed by atoms with Crippen LogP contribution in [0.25, 0.3) is 5.82 Å². The average Bonchev–Trinajstić information content (AvgIpc) is 2.92. The van der Waals surface area contributed by atoms with Crippen LogP contribution in [0.1, 0.15) is 42.9 Å². The van der Waals surface area contributed by atoms with Gasteiger partial charge in [0.1, 0.15) is 11.5 Å². The molecule has 0 bridgehead atoms. The Kier molecular flexibility index (Phi) is 3.59. The van der Waals surface area contributed by atoms with Crippen molar-refractivity contribution in [2.75, 3.05) is 7.11 Å². The van der Waals surface area contributed by atoms with Crippen molar-refractivity contribution < 1.29 is 13.5 Å². The van der Waals surface area contributed by atoms with Crippen LogP contribution >= 0.6 is 0 Å². The summed E-state index contributed by atoms with van der Waals surface area (Å²) in [5, 5.41) is 4.20. The Hall–Kier alpha value is -1.69. The molecule has 2 aromatic heterocycles. The van der Waals surface area contributed by atoms with E-state index in [1.54, 1.807) is 11.8 Å². The molecule has 0 aromatic carbocycles. The number of halogens is 2. The quantitative estimate of drug-likeness (QED) is 0.861. The third kappa shape index (κ3) is 2.45. The molecule has 1 fully saturated rings. The molecular weight excluding hydrogens is 288 g/mol. The molecule has 0 radical (unpaired) electrons. The third-order valence-electron chi connectivity index (χ3n) is 4.42. The van der Waals surface area contributed by atoms with Gasteiger partial charge in [0, 0.05) is 31.5 Å². The molecule has 2 heterocycles. The van der Waals surface area contributed by atoms with Crippen molar-refractivity contribution in [1.29, 1.82) is 0 Å². The lowest BCUT2D eigenvalue weighted by Crippen LogP contribution is -2.34. The normalized spacial score (nSPS) is 21.9. The summed E-state index contributed by atoms with van der Waals surface area (Å²) in [6.07, 6.45) is 1.80. The van der Waals surface area contributed by atoms with E-state index in [1.807, 2.05) is 30.5 Å². The minimum Gasteiger partial charge on any atom is -0.381 e. The predicted molar refractivity (Wildman–Crippen MR) is 79.7 cm³/mol. The Morgan fingerprint density at radius 3 is 2.32 bits per heavy atom. The third-order valence-corrected chi connectivity index (χ3v) is 4.42. The molecule has 1 aliphatic carbocycles. The maximum atomic E-state index is 13.7. The Balaban J connectivity index is 2.06. The van der Waals surface area contributed by atoms with Crippen molar-refractivity contribution in [3.63, 3.8) is 0 Å². The van der Waals surface area contributed by atoms with Crippen molar-refractivity contribution in [2.24, 2.45) is 0 Å². The minimum absolute atomic E-state index is 0.109. The van der Waals surface area contributed by atoms with Crippen molar-refractivity contribution >= 4 is 0 Å². The fourth-order valence-electron chi connectivity index (χ4n) is 2.99. The molecule has 3 rings (SSSR count). The molecule has 0 N–H and O–H groups in total.